The predicted molar refractivity (Wildman–Crippen MR) is 84.2 cm³/mol. The Bertz CT molecular complexity index is 411. The number of aromatic amines is 1. The van der Waals surface area contributed by atoms with Crippen molar-refractivity contribution in [2.45, 2.75) is 53.1 Å². The highest BCUT2D eigenvalue weighted by Crippen LogP contribution is 2.33. The summed E-state index contributed by atoms with van der Waals surface area (Å²) in [6.07, 6.45) is 3.88. The van der Waals surface area contributed by atoms with E-state index in [-0.39, 0.29) is 17.4 Å². The number of aliphatic hydroxyl groups is 1. The highest BCUT2D eigenvalue weighted by atomic mass is 32.2. The number of aliphatic hydroxyl groups excluding tert-OH is 1. The molecule has 0 saturated carbocycles. The van der Waals surface area contributed by atoms with Crippen LogP contribution in [0.3, 0.4) is 0 Å². The molecule has 0 aliphatic carbocycles. The molecule has 0 bridgehead atoms. The molecular weight excluding hydrogens is 272 g/mol. The molecule has 0 aliphatic heterocycles. The molecular formula is C14H26N4OS. The van der Waals surface area contributed by atoms with Gasteiger partial charge in [-0.2, -0.15) is 0 Å². The number of allylic oxidation sites excluding steroid dienone is 1. The lowest BCUT2D eigenvalue weighted by atomic mass is 9.95. The molecule has 1 rings (SSSR count). The predicted octanol–water partition coefficient (Wildman–Crippen LogP) is 2.85. The van der Waals surface area contributed by atoms with Crippen molar-refractivity contribution in [3.05, 3.63) is 23.1 Å². The van der Waals surface area contributed by atoms with Gasteiger partial charge in [0.15, 0.2) is 0 Å². The van der Waals surface area contributed by atoms with Crippen LogP contribution in [-0.2, 0) is 0 Å². The van der Waals surface area contributed by atoms with Crippen molar-refractivity contribution in [2.75, 3.05) is 6.54 Å². The summed E-state index contributed by atoms with van der Waals surface area (Å²) >= 11 is 1.59. The van der Waals surface area contributed by atoms with Crippen molar-refractivity contribution in [1.82, 2.24) is 19.9 Å². The minimum absolute atomic E-state index is 0.0172. The van der Waals surface area contributed by atoms with E-state index in [0.717, 1.165) is 23.7 Å². The monoisotopic (exact) mass is 298 g/mol. The van der Waals surface area contributed by atoms with Gasteiger partial charge in [0.2, 0.25) is 0 Å². The van der Waals surface area contributed by atoms with Gasteiger partial charge in [0.25, 0.3) is 0 Å². The van der Waals surface area contributed by atoms with Crippen LogP contribution in [0, 0.1) is 5.41 Å². The maximum atomic E-state index is 9.81. The molecule has 2 atom stereocenters. The number of hydrogen-bond donors (Lipinski definition) is 3. The Morgan fingerprint density at radius 3 is 2.75 bits per heavy atom. The van der Waals surface area contributed by atoms with Crippen molar-refractivity contribution in [2.24, 2.45) is 5.41 Å². The minimum Gasteiger partial charge on any atom is -0.389 e. The average molecular weight is 298 g/mol. The van der Waals surface area contributed by atoms with E-state index >= 15 is 0 Å². The quantitative estimate of drug-likeness (QED) is 0.675. The second kappa shape index (κ2) is 7.81. The van der Waals surface area contributed by atoms with Crippen molar-refractivity contribution in [3.63, 3.8) is 0 Å². The topological polar surface area (TPSA) is 73.8 Å². The number of H-pyrrole nitrogens is 1. The molecule has 0 aromatic carbocycles. The van der Waals surface area contributed by atoms with Crippen LogP contribution in [0.25, 0.3) is 0 Å². The van der Waals surface area contributed by atoms with Crippen LogP contribution in [0.5, 0.6) is 0 Å². The molecule has 114 valence electrons. The summed E-state index contributed by atoms with van der Waals surface area (Å²) in [6, 6.07) is 0. The first-order chi connectivity index (χ1) is 9.34. The van der Waals surface area contributed by atoms with Crippen LogP contribution in [0.2, 0.25) is 0 Å². The van der Waals surface area contributed by atoms with E-state index in [1.165, 1.54) is 0 Å². The molecule has 20 heavy (non-hydrogen) atoms. The van der Waals surface area contributed by atoms with Crippen LogP contribution in [0.15, 0.2) is 17.3 Å². The van der Waals surface area contributed by atoms with Gasteiger partial charge in [0, 0.05) is 17.4 Å². The Balaban J connectivity index is 2.53. The van der Waals surface area contributed by atoms with Crippen LogP contribution in [0.1, 0.15) is 52.8 Å². The van der Waals surface area contributed by atoms with Crippen molar-refractivity contribution >= 4 is 11.9 Å². The molecule has 3 N–H and O–H groups in total. The van der Waals surface area contributed by atoms with Crippen LogP contribution < -0.4 is 4.72 Å². The Morgan fingerprint density at radius 2 is 2.25 bits per heavy atom. The van der Waals surface area contributed by atoms with Gasteiger partial charge in [-0.3, -0.25) is 4.72 Å². The minimum atomic E-state index is -0.384. The highest BCUT2D eigenvalue weighted by molar-refractivity contribution is 8.01. The molecule has 0 spiro atoms. The van der Waals surface area contributed by atoms with Gasteiger partial charge < -0.3 is 10.1 Å². The molecule has 1 heterocycles. The average Bonchev–Trinajstić information content (AvgIpc) is 2.89. The SMILES string of the molecule is CCC(O)/C=C(\SNCC(C)c1nnc[nH]1)C(C)(C)C. The number of hydrogen-bond acceptors (Lipinski definition) is 5. The zero-order chi connectivity index (χ0) is 15.2. The Hall–Kier alpha value is -0.850. The van der Waals surface area contributed by atoms with E-state index in [2.05, 4.69) is 47.6 Å². The summed E-state index contributed by atoms with van der Waals surface area (Å²) in [5.41, 5.74) is 0.0172. The van der Waals surface area contributed by atoms with Gasteiger partial charge in [-0.05, 0) is 29.9 Å². The second-order valence-corrected chi connectivity index (χ2v) is 6.91. The Morgan fingerprint density at radius 1 is 1.55 bits per heavy atom. The molecule has 0 saturated heterocycles. The summed E-state index contributed by atoms with van der Waals surface area (Å²) < 4.78 is 3.36. The van der Waals surface area contributed by atoms with Gasteiger partial charge in [-0.1, -0.05) is 34.6 Å². The smallest absolute Gasteiger partial charge is 0.134 e. The molecule has 5 nitrogen and oxygen atoms in total. The lowest BCUT2D eigenvalue weighted by Gasteiger charge is -2.24. The van der Waals surface area contributed by atoms with Gasteiger partial charge >= 0.3 is 0 Å². The van der Waals surface area contributed by atoms with Gasteiger partial charge in [-0.25, -0.2) is 0 Å². The van der Waals surface area contributed by atoms with Crippen LogP contribution >= 0.6 is 11.9 Å². The van der Waals surface area contributed by atoms with E-state index < -0.39 is 0 Å². The number of rotatable bonds is 7. The van der Waals surface area contributed by atoms with E-state index in [0.29, 0.717) is 0 Å². The van der Waals surface area contributed by atoms with Gasteiger partial charge in [0.1, 0.15) is 12.2 Å². The summed E-state index contributed by atoms with van der Waals surface area (Å²) in [6.45, 7) is 11.3. The summed E-state index contributed by atoms with van der Waals surface area (Å²) in [5, 5.41) is 17.6. The van der Waals surface area contributed by atoms with Crippen molar-refractivity contribution < 1.29 is 5.11 Å². The molecule has 0 amide bonds. The Kier molecular flexibility index (Phi) is 6.71. The summed E-state index contributed by atoms with van der Waals surface area (Å²) in [7, 11) is 0. The van der Waals surface area contributed by atoms with Crippen molar-refractivity contribution in [3.8, 4) is 0 Å². The fourth-order valence-electron chi connectivity index (χ4n) is 1.53. The number of aromatic nitrogens is 3. The van der Waals surface area contributed by atoms with Crippen LogP contribution in [0.4, 0.5) is 0 Å². The first-order valence-corrected chi connectivity index (χ1v) is 7.82. The third kappa shape index (κ3) is 5.64. The zero-order valence-electron chi connectivity index (χ0n) is 13.0. The molecule has 0 aliphatic rings. The van der Waals surface area contributed by atoms with Crippen molar-refractivity contribution in [1.29, 1.82) is 0 Å². The molecule has 1 aromatic rings. The van der Waals surface area contributed by atoms with E-state index in [4.69, 9.17) is 0 Å². The standard InChI is InChI=1S/C14H26N4OS/c1-6-11(19)7-12(14(3,4)5)20-17-8-10(2)13-15-9-16-18-13/h7,9-11,17,19H,6,8H2,1-5H3,(H,15,16,18)/b12-7-. The zero-order valence-corrected chi connectivity index (χ0v) is 13.8. The number of nitrogens with one attached hydrogen (secondary N) is 2. The first kappa shape index (κ1) is 17.2. The lowest BCUT2D eigenvalue weighted by Crippen LogP contribution is -2.18. The second-order valence-electron chi connectivity index (χ2n) is 5.98. The number of nitrogens with zero attached hydrogens (tertiary/aromatic N) is 2. The summed E-state index contributed by atoms with van der Waals surface area (Å²) in [5.74, 6) is 1.15. The molecule has 1 aromatic heterocycles. The summed E-state index contributed by atoms with van der Waals surface area (Å²) in [4.78, 5) is 4.17. The maximum Gasteiger partial charge on any atom is 0.134 e. The first-order valence-electron chi connectivity index (χ1n) is 7.00. The van der Waals surface area contributed by atoms with Gasteiger partial charge in [0.05, 0.1) is 6.10 Å². The molecule has 2 unspecified atom stereocenters. The van der Waals surface area contributed by atoms with Gasteiger partial charge in [-0.15, -0.1) is 10.2 Å². The van der Waals surface area contributed by atoms with E-state index in [9.17, 15) is 5.11 Å². The Labute approximate surface area is 125 Å². The largest absolute Gasteiger partial charge is 0.389 e. The van der Waals surface area contributed by atoms with Crippen LogP contribution in [-0.4, -0.2) is 32.9 Å². The third-order valence-electron chi connectivity index (χ3n) is 2.98. The maximum absolute atomic E-state index is 9.81. The fraction of sp³-hybridized carbons (Fsp3) is 0.714. The van der Waals surface area contributed by atoms with E-state index in [1.54, 1.807) is 18.3 Å². The fourth-order valence-corrected chi connectivity index (χ4v) is 2.55. The lowest BCUT2D eigenvalue weighted by molar-refractivity contribution is 0.217. The normalized spacial score (nSPS) is 16.2. The molecule has 6 heteroatoms. The third-order valence-corrected chi connectivity index (χ3v) is 4.25. The molecule has 0 radical (unpaired) electrons. The highest BCUT2D eigenvalue weighted by Gasteiger charge is 2.19. The van der Waals surface area contributed by atoms with E-state index in [1.807, 2.05) is 13.0 Å². The molecule has 0 fully saturated rings.